The van der Waals surface area contributed by atoms with Crippen LogP contribution < -0.4 is 78.3 Å². The first-order valence-corrected chi connectivity index (χ1v) is 15.5. The third-order valence-electron chi connectivity index (χ3n) is 7.66. The van der Waals surface area contributed by atoms with Gasteiger partial charge in [0, 0.05) is 5.69 Å². The number of aromatic nitrogens is 2. The fraction of sp³-hybridized carbons (Fsp3) is 0.0513. The third-order valence-corrected chi connectivity index (χ3v) is 7.66. The average molecular weight is 721 g/mol. The SMILES string of the molecule is CC(C=Cc1[c-][nH]c(=O)n(-c2cccc(NOCc3ccccc3)c2)c1=O)=CC=C1C(=O)NC(=O)N(c2cccc(-c3ccccc3)c2)C1=O.[K+].[OH-]. The summed E-state index contributed by atoms with van der Waals surface area (Å²) in [6.07, 6.45) is 8.44. The summed E-state index contributed by atoms with van der Waals surface area (Å²) in [5.74, 6) is -1.61. The van der Waals surface area contributed by atoms with Gasteiger partial charge < -0.3 is 24.6 Å². The number of carbonyl (C=O) groups excluding carboxylic acids is 3. The molecule has 4 amide bonds. The second-order valence-corrected chi connectivity index (χ2v) is 11.2. The number of carbonyl (C=O) groups is 3. The van der Waals surface area contributed by atoms with Crippen molar-refractivity contribution in [1.82, 2.24) is 14.9 Å². The van der Waals surface area contributed by atoms with Crippen molar-refractivity contribution in [2.75, 3.05) is 10.4 Å². The number of urea groups is 1. The zero-order valence-corrected chi connectivity index (χ0v) is 31.3. The van der Waals surface area contributed by atoms with E-state index in [0.717, 1.165) is 26.2 Å². The van der Waals surface area contributed by atoms with Gasteiger partial charge in [0.25, 0.3) is 11.8 Å². The van der Waals surface area contributed by atoms with Gasteiger partial charge in [0.15, 0.2) is 5.56 Å². The summed E-state index contributed by atoms with van der Waals surface area (Å²) in [5, 5.41) is 2.22. The number of barbiturate groups is 1. The van der Waals surface area contributed by atoms with Crippen LogP contribution in [0, 0.1) is 6.20 Å². The van der Waals surface area contributed by atoms with Crippen molar-refractivity contribution in [3.63, 3.8) is 0 Å². The molecule has 0 aliphatic carbocycles. The van der Waals surface area contributed by atoms with Crippen LogP contribution in [0.3, 0.4) is 0 Å². The maximum Gasteiger partial charge on any atom is 1.00 e. The molecule has 4 aromatic carbocycles. The maximum atomic E-state index is 13.4. The molecule has 52 heavy (non-hydrogen) atoms. The van der Waals surface area contributed by atoms with Crippen LogP contribution in [0.5, 0.6) is 0 Å². The first-order chi connectivity index (χ1) is 24.3. The number of rotatable bonds is 10. The van der Waals surface area contributed by atoms with E-state index in [0.29, 0.717) is 29.2 Å². The molecular weight excluding hydrogens is 690 g/mol. The van der Waals surface area contributed by atoms with Gasteiger partial charge in [-0.2, -0.15) is 0 Å². The molecule has 1 saturated heterocycles. The Morgan fingerprint density at radius 1 is 0.827 bits per heavy atom. The Morgan fingerprint density at radius 2 is 1.50 bits per heavy atom. The molecule has 0 radical (unpaired) electrons. The number of aromatic amines is 1. The molecule has 0 saturated carbocycles. The molecule has 1 aliphatic heterocycles. The zero-order valence-electron chi connectivity index (χ0n) is 28.2. The van der Waals surface area contributed by atoms with E-state index in [2.05, 4.69) is 22.0 Å². The normalized spacial score (nSPS) is 13.8. The number of amides is 4. The van der Waals surface area contributed by atoms with E-state index in [1.807, 2.05) is 66.7 Å². The van der Waals surface area contributed by atoms with Gasteiger partial charge in [-0.15, -0.1) is 12.2 Å². The summed E-state index contributed by atoms with van der Waals surface area (Å²) in [5.41, 5.74) is 5.71. The van der Waals surface area contributed by atoms with E-state index in [9.17, 15) is 24.0 Å². The zero-order chi connectivity index (χ0) is 35.0. The summed E-state index contributed by atoms with van der Waals surface area (Å²) < 4.78 is 0.975. The summed E-state index contributed by atoms with van der Waals surface area (Å²) >= 11 is 0. The molecule has 0 atom stereocenters. The molecule has 0 spiro atoms. The Bertz CT molecular complexity index is 2300. The number of anilines is 2. The first kappa shape index (κ1) is 39.5. The maximum absolute atomic E-state index is 13.4. The molecule has 2 heterocycles. The summed E-state index contributed by atoms with van der Waals surface area (Å²) in [6, 6.07) is 31.7. The second-order valence-electron chi connectivity index (χ2n) is 11.2. The molecule has 256 valence electrons. The summed E-state index contributed by atoms with van der Waals surface area (Å²) in [4.78, 5) is 73.9. The molecule has 1 aliphatic rings. The minimum absolute atomic E-state index is 0. The number of hydrogen-bond acceptors (Lipinski definition) is 8. The summed E-state index contributed by atoms with van der Waals surface area (Å²) in [6.45, 7) is 2.00. The Labute approximate surface area is 340 Å². The summed E-state index contributed by atoms with van der Waals surface area (Å²) in [7, 11) is 0. The van der Waals surface area contributed by atoms with Crippen LogP contribution in [0.15, 0.2) is 148 Å². The van der Waals surface area contributed by atoms with Crippen LogP contribution in [0.2, 0.25) is 0 Å². The van der Waals surface area contributed by atoms with Gasteiger partial charge in [0.2, 0.25) is 5.69 Å². The molecule has 12 nitrogen and oxygen atoms in total. The number of allylic oxidation sites excluding steroid dienone is 4. The van der Waals surface area contributed by atoms with Crippen LogP contribution in [0.1, 0.15) is 18.1 Å². The van der Waals surface area contributed by atoms with Crippen molar-refractivity contribution in [3.05, 3.63) is 177 Å². The van der Waals surface area contributed by atoms with Crippen molar-refractivity contribution < 1.29 is 76.1 Å². The van der Waals surface area contributed by atoms with Gasteiger partial charge >= 0.3 is 57.4 Å². The third kappa shape index (κ3) is 9.34. The van der Waals surface area contributed by atoms with E-state index in [4.69, 9.17) is 4.84 Å². The number of imide groups is 2. The molecule has 0 unspecified atom stereocenters. The minimum Gasteiger partial charge on any atom is -0.870 e. The van der Waals surface area contributed by atoms with E-state index in [-0.39, 0.29) is 68.0 Å². The van der Waals surface area contributed by atoms with E-state index in [1.54, 1.807) is 55.5 Å². The van der Waals surface area contributed by atoms with Crippen molar-refractivity contribution in [1.29, 1.82) is 0 Å². The van der Waals surface area contributed by atoms with E-state index < -0.39 is 29.1 Å². The first-order valence-electron chi connectivity index (χ1n) is 15.5. The van der Waals surface area contributed by atoms with Gasteiger partial charge in [-0.05, 0) is 60.0 Å². The molecule has 4 N–H and O–H groups in total. The van der Waals surface area contributed by atoms with E-state index in [1.165, 1.54) is 18.2 Å². The van der Waals surface area contributed by atoms with Crippen molar-refractivity contribution in [2.45, 2.75) is 13.5 Å². The number of nitrogens with one attached hydrogen (secondary N) is 3. The topological polar surface area (TPSA) is 173 Å². The van der Waals surface area contributed by atoms with Gasteiger partial charge in [-0.1, -0.05) is 102 Å². The van der Waals surface area contributed by atoms with Gasteiger partial charge in [-0.25, -0.2) is 9.69 Å². The smallest absolute Gasteiger partial charge is 0.870 e. The largest absolute Gasteiger partial charge is 1.00 e. The van der Waals surface area contributed by atoms with Gasteiger partial charge in [-0.3, -0.25) is 25.2 Å². The predicted molar refractivity (Wildman–Crippen MR) is 192 cm³/mol. The van der Waals surface area contributed by atoms with Crippen LogP contribution in [-0.2, 0) is 21.0 Å². The number of H-pyrrole nitrogens is 1. The van der Waals surface area contributed by atoms with Crippen LogP contribution in [0.4, 0.5) is 16.2 Å². The van der Waals surface area contributed by atoms with E-state index >= 15 is 0 Å². The molecule has 1 aromatic heterocycles. The molecule has 6 rings (SSSR count). The predicted octanol–water partition coefficient (Wildman–Crippen LogP) is 2.53. The standard InChI is InChI=1S/C39H30N5O6.K.H2O/c1-26(19-21-34-35(45)41-39(49)44(37(34)47)32-16-8-14-29(22-32)28-12-6-3-7-13-28)18-20-30-24-40-38(48)43(36(30)46)33-17-9-15-31(23-33)42-50-25-27-10-4-2-5-11-27;;/h2-23,42H,25H2,1H3,(H,40,48)(H,41,45,49);;1H2/q-1;+1;/p-1. The quantitative estimate of drug-likeness (QED) is 0.0493. The fourth-order valence-electron chi connectivity index (χ4n) is 5.13. The van der Waals surface area contributed by atoms with Crippen LogP contribution in [0.25, 0.3) is 22.9 Å². The molecular formula is C39H31KN5O7-. The molecule has 13 heteroatoms. The molecule has 5 aromatic rings. The Morgan fingerprint density at radius 3 is 2.25 bits per heavy atom. The minimum atomic E-state index is -0.853. The second kappa shape index (κ2) is 18.3. The molecule has 0 bridgehead atoms. The monoisotopic (exact) mass is 720 g/mol. The number of benzene rings is 4. The number of hydrogen-bond donors (Lipinski definition) is 3. The Balaban J connectivity index is 0.00000302. The van der Waals surface area contributed by atoms with Crippen molar-refractivity contribution >= 4 is 35.3 Å². The van der Waals surface area contributed by atoms with Gasteiger partial charge in [0.1, 0.15) is 5.57 Å². The number of nitrogens with zero attached hydrogens (tertiary/aromatic N) is 2. The van der Waals surface area contributed by atoms with Crippen molar-refractivity contribution in [2.24, 2.45) is 0 Å². The Hall–Kier alpha value is -5.25. The van der Waals surface area contributed by atoms with Crippen LogP contribution in [-0.4, -0.2) is 32.9 Å². The average Bonchev–Trinajstić information content (AvgIpc) is 3.12. The fourth-order valence-corrected chi connectivity index (χ4v) is 5.13. The Kier molecular flexibility index (Phi) is 13.9. The van der Waals surface area contributed by atoms with Crippen molar-refractivity contribution in [3.8, 4) is 16.8 Å². The molecule has 1 fully saturated rings. The van der Waals surface area contributed by atoms with Crippen LogP contribution >= 0.6 is 0 Å². The van der Waals surface area contributed by atoms with Gasteiger partial charge in [0.05, 0.1) is 18.0 Å².